The van der Waals surface area contributed by atoms with E-state index in [1.54, 1.807) is 17.4 Å². The standard InChI is InChI=1S/C11H10FNS/c12-10-3-1-2-9(5-10)11-4-8(6-13)7-14-11/h1-5,7H,6,13H2. The number of hydrogen-bond acceptors (Lipinski definition) is 2. The van der Waals surface area contributed by atoms with Crippen LogP contribution < -0.4 is 5.73 Å². The van der Waals surface area contributed by atoms with Crippen LogP contribution in [-0.2, 0) is 6.54 Å². The van der Waals surface area contributed by atoms with Gasteiger partial charge in [0.1, 0.15) is 5.82 Å². The fourth-order valence-corrected chi connectivity index (χ4v) is 2.20. The van der Waals surface area contributed by atoms with Gasteiger partial charge < -0.3 is 5.73 Å². The van der Waals surface area contributed by atoms with Gasteiger partial charge in [0.2, 0.25) is 0 Å². The molecule has 0 aliphatic heterocycles. The molecule has 0 aliphatic carbocycles. The minimum Gasteiger partial charge on any atom is -0.326 e. The minimum atomic E-state index is -0.204. The van der Waals surface area contributed by atoms with Crippen LogP contribution in [0, 0.1) is 5.82 Å². The number of thiophene rings is 1. The molecule has 0 radical (unpaired) electrons. The highest BCUT2D eigenvalue weighted by molar-refractivity contribution is 7.13. The highest BCUT2D eigenvalue weighted by Gasteiger charge is 2.02. The number of halogens is 1. The highest BCUT2D eigenvalue weighted by atomic mass is 32.1. The molecule has 0 aliphatic rings. The van der Waals surface area contributed by atoms with Crippen LogP contribution >= 0.6 is 11.3 Å². The van der Waals surface area contributed by atoms with Crippen molar-refractivity contribution >= 4 is 11.3 Å². The summed E-state index contributed by atoms with van der Waals surface area (Å²) < 4.78 is 12.9. The predicted octanol–water partition coefficient (Wildman–Crippen LogP) is 3.01. The van der Waals surface area contributed by atoms with Crippen LogP contribution in [0.2, 0.25) is 0 Å². The van der Waals surface area contributed by atoms with Gasteiger partial charge in [0.25, 0.3) is 0 Å². The van der Waals surface area contributed by atoms with Gasteiger partial charge in [0.05, 0.1) is 0 Å². The fraction of sp³-hybridized carbons (Fsp3) is 0.0909. The van der Waals surface area contributed by atoms with Crippen LogP contribution in [0.1, 0.15) is 5.56 Å². The predicted molar refractivity (Wildman–Crippen MR) is 57.6 cm³/mol. The maximum absolute atomic E-state index is 12.9. The van der Waals surface area contributed by atoms with Crippen molar-refractivity contribution in [1.29, 1.82) is 0 Å². The molecule has 1 aromatic heterocycles. The number of nitrogens with two attached hydrogens (primary N) is 1. The quantitative estimate of drug-likeness (QED) is 0.804. The van der Waals surface area contributed by atoms with Crippen LogP contribution in [0.5, 0.6) is 0 Å². The molecule has 2 N–H and O–H groups in total. The summed E-state index contributed by atoms with van der Waals surface area (Å²) in [5.74, 6) is -0.204. The summed E-state index contributed by atoms with van der Waals surface area (Å²) in [6.07, 6.45) is 0. The zero-order chi connectivity index (χ0) is 9.97. The van der Waals surface area contributed by atoms with Crippen molar-refractivity contribution < 1.29 is 4.39 Å². The van der Waals surface area contributed by atoms with Gasteiger partial charge >= 0.3 is 0 Å². The fourth-order valence-electron chi connectivity index (χ4n) is 1.28. The molecule has 0 unspecified atom stereocenters. The van der Waals surface area contributed by atoms with E-state index in [9.17, 15) is 4.39 Å². The van der Waals surface area contributed by atoms with Crippen molar-refractivity contribution in [2.75, 3.05) is 0 Å². The second kappa shape index (κ2) is 3.90. The van der Waals surface area contributed by atoms with Crippen molar-refractivity contribution in [1.82, 2.24) is 0 Å². The van der Waals surface area contributed by atoms with E-state index in [1.165, 1.54) is 12.1 Å². The third-order valence-corrected chi connectivity index (χ3v) is 3.03. The molecular formula is C11H10FNS. The first kappa shape index (κ1) is 9.37. The van der Waals surface area contributed by atoms with Crippen molar-refractivity contribution in [2.45, 2.75) is 6.54 Å². The van der Waals surface area contributed by atoms with Crippen LogP contribution in [-0.4, -0.2) is 0 Å². The number of hydrogen-bond donors (Lipinski definition) is 1. The smallest absolute Gasteiger partial charge is 0.123 e. The van der Waals surface area contributed by atoms with E-state index in [1.807, 2.05) is 17.5 Å². The van der Waals surface area contributed by atoms with Crippen molar-refractivity contribution in [3.8, 4) is 10.4 Å². The molecule has 0 bridgehead atoms. The van der Waals surface area contributed by atoms with Gasteiger partial charge in [-0.25, -0.2) is 4.39 Å². The SMILES string of the molecule is NCc1csc(-c2cccc(F)c2)c1. The zero-order valence-corrected chi connectivity index (χ0v) is 8.35. The Labute approximate surface area is 86.0 Å². The maximum Gasteiger partial charge on any atom is 0.123 e. The van der Waals surface area contributed by atoms with Gasteiger partial charge in [-0.15, -0.1) is 11.3 Å². The monoisotopic (exact) mass is 207 g/mol. The van der Waals surface area contributed by atoms with Crippen LogP contribution in [0.15, 0.2) is 35.7 Å². The molecule has 1 aromatic carbocycles. The van der Waals surface area contributed by atoms with Gasteiger partial charge in [-0.2, -0.15) is 0 Å². The van der Waals surface area contributed by atoms with Crippen molar-refractivity contribution in [3.63, 3.8) is 0 Å². The lowest BCUT2D eigenvalue weighted by Crippen LogP contribution is -1.92. The lowest BCUT2D eigenvalue weighted by atomic mass is 10.1. The molecule has 0 spiro atoms. The first-order chi connectivity index (χ1) is 6.79. The molecule has 0 atom stereocenters. The Hall–Kier alpha value is -1.19. The average Bonchev–Trinajstić information content (AvgIpc) is 2.66. The summed E-state index contributed by atoms with van der Waals surface area (Å²) in [4.78, 5) is 1.06. The van der Waals surface area contributed by atoms with Gasteiger partial charge in [0.15, 0.2) is 0 Å². The third-order valence-electron chi connectivity index (χ3n) is 2.00. The molecular weight excluding hydrogens is 197 g/mol. The molecule has 1 heterocycles. The first-order valence-corrected chi connectivity index (χ1v) is 5.21. The Morgan fingerprint density at radius 1 is 1.29 bits per heavy atom. The number of rotatable bonds is 2. The molecule has 1 nitrogen and oxygen atoms in total. The average molecular weight is 207 g/mol. The molecule has 0 fully saturated rings. The summed E-state index contributed by atoms with van der Waals surface area (Å²) in [7, 11) is 0. The van der Waals surface area contributed by atoms with Gasteiger partial charge in [-0.1, -0.05) is 12.1 Å². The lowest BCUT2D eigenvalue weighted by Gasteiger charge is -1.96. The summed E-state index contributed by atoms with van der Waals surface area (Å²) in [6.45, 7) is 0.534. The molecule has 0 saturated carbocycles. The molecule has 14 heavy (non-hydrogen) atoms. The second-order valence-corrected chi connectivity index (χ2v) is 3.94. The van der Waals surface area contributed by atoms with Crippen LogP contribution in [0.25, 0.3) is 10.4 Å². The van der Waals surface area contributed by atoms with Crippen molar-refractivity contribution in [3.05, 3.63) is 47.1 Å². The van der Waals surface area contributed by atoms with E-state index in [0.717, 1.165) is 16.0 Å². The Bertz CT molecular complexity index is 436. The summed E-state index contributed by atoms with van der Waals surface area (Å²) in [5.41, 5.74) is 7.51. The lowest BCUT2D eigenvalue weighted by molar-refractivity contribution is 0.628. The topological polar surface area (TPSA) is 26.0 Å². The van der Waals surface area contributed by atoms with E-state index in [0.29, 0.717) is 6.54 Å². The summed E-state index contributed by atoms with van der Waals surface area (Å²) >= 11 is 1.59. The van der Waals surface area contributed by atoms with E-state index in [2.05, 4.69) is 0 Å². The Kier molecular flexibility index (Phi) is 2.61. The Morgan fingerprint density at radius 2 is 2.14 bits per heavy atom. The maximum atomic E-state index is 12.9. The Balaban J connectivity index is 2.39. The summed E-state index contributed by atoms with van der Waals surface area (Å²) in [6, 6.07) is 8.59. The number of benzene rings is 1. The van der Waals surface area contributed by atoms with Gasteiger partial charge in [0, 0.05) is 11.4 Å². The summed E-state index contributed by atoms with van der Waals surface area (Å²) in [5, 5.41) is 2.00. The first-order valence-electron chi connectivity index (χ1n) is 4.33. The molecule has 2 aromatic rings. The molecule has 0 amide bonds. The van der Waals surface area contributed by atoms with Gasteiger partial charge in [-0.05, 0) is 34.7 Å². The zero-order valence-electron chi connectivity index (χ0n) is 7.53. The third kappa shape index (κ3) is 1.84. The Morgan fingerprint density at radius 3 is 2.79 bits per heavy atom. The highest BCUT2D eigenvalue weighted by Crippen LogP contribution is 2.27. The van der Waals surface area contributed by atoms with Crippen molar-refractivity contribution in [2.24, 2.45) is 5.73 Å². The largest absolute Gasteiger partial charge is 0.326 e. The molecule has 2 rings (SSSR count). The van der Waals surface area contributed by atoms with Crippen LogP contribution in [0.3, 0.4) is 0 Å². The second-order valence-electron chi connectivity index (χ2n) is 3.03. The van der Waals surface area contributed by atoms with E-state index >= 15 is 0 Å². The molecule has 72 valence electrons. The minimum absolute atomic E-state index is 0.204. The van der Waals surface area contributed by atoms with E-state index in [4.69, 9.17) is 5.73 Å². The molecule has 3 heteroatoms. The van der Waals surface area contributed by atoms with Gasteiger partial charge in [-0.3, -0.25) is 0 Å². The van der Waals surface area contributed by atoms with Crippen LogP contribution in [0.4, 0.5) is 4.39 Å². The van der Waals surface area contributed by atoms with E-state index < -0.39 is 0 Å². The van der Waals surface area contributed by atoms with E-state index in [-0.39, 0.29) is 5.82 Å². The normalized spacial score (nSPS) is 10.4. The molecule has 0 saturated heterocycles.